The molecular formula is C25H18S2. The number of benzene rings is 2. The van der Waals surface area contributed by atoms with Crippen LogP contribution in [-0.4, -0.2) is 0 Å². The summed E-state index contributed by atoms with van der Waals surface area (Å²) in [5.41, 5.74) is 5.04. The topological polar surface area (TPSA) is 0 Å². The Morgan fingerprint density at radius 1 is 0.556 bits per heavy atom. The lowest BCUT2D eigenvalue weighted by Gasteiger charge is -2.23. The molecule has 2 aromatic heterocycles. The summed E-state index contributed by atoms with van der Waals surface area (Å²) in [6.45, 7) is 0. The molecule has 0 N–H and O–H groups in total. The molecule has 2 heterocycles. The van der Waals surface area contributed by atoms with Gasteiger partial charge in [-0.2, -0.15) is 0 Å². The molecule has 0 fully saturated rings. The maximum atomic E-state index is 2.37. The molecule has 2 aromatic carbocycles. The zero-order valence-electron chi connectivity index (χ0n) is 14.7. The van der Waals surface area contributed by atoms with Crippen LogP contribution >= 0.6 is 22.7 Å². The van der Waals surface area contributed by atoms with E-state index in [4.69, 9.17) is 0 Å². The monoisotopic (exact) mass is 382 g/mol. The van der Waals surface area contributed by atoms with Gasteiger partial charge in [-0.1, -0.05) is 85.0 Å². The molecule has 0 bridgehead atoms. The third kappa shape index (κ3) is 2.82. The number of rotatable bonds is 4. The van der Waals surface area contributed by atoms with Crippen molar-refractivity contribution in [1.29, 1.82) is 0 Å². The summed E-state index contributed by atoms with van der Waals surface area (Å²) in [7, 11) is 0. The predicted molar refractivity (Wildman–Crippen MR) is 119 cm³/mol. The van der Waals surface area contributed by atoms with E-state index in [0.717, 1.165) is 0 Å². The van der Waals surface area contributed by atoms with E-state index in [1.807, 2.05) is 22.7 Å². The third-order valence-corrected chi connectivity index (χ3v) is 7.10. The summed E-state index contributed by atoms with van der Waals surface area (Å²) in [6.07, 6.45) is 9.24. The average molecular weight is 383 g/mol. The van der Waals surface area contributed by atoms with Gasteiger partial charge in [0.2, 0.25) is 0 Å². The van der Waals surface area contributed by atoms with Gasteiger partial charge in [0.05, 0.1) is 5.41 Å². The van der Waals surface area contributed by atoms with Gasteiger partial charge in [0.1, 0.15) is 0 Å². The molecule has 0 nitrogen and oxygen atoms in total. The standard InChI is InChI=1S/C25H18S2/c1-3-7-19(8-4-1)11-15-25(16-12-20-9-5-2-6-10-20)21-13-17-26-23(21)24-22(25)14-18-27-24/h1-18H/b15-11+,16-12+. The first-order valence-corrected chi connectivity index (χ1v) is 10.8. The summed E-state index contributed by atoms with van der Waals surface area (Å²) in [5, 5.41) is 4.43. The Morgan fingerprint density at radius 2 is 1.00 bits per heavy atom. The highest BCUT2D eigenvalue weighted by molar-refractivity contribution is 7.21. The van der Waals surface area contributed by atoms with Gasteiger partial charge in [0.15, 0.2) is 0 Å². The molecule has 1 aliphatic rings. The highest BCUT2D eigenvalue weighted by Gasteiger charge is 2.41. The number of hydrogen-bond acceptors (Lipinski definition) is 2. The van der Waals surface area contributed by atoms with Gasteiger partial charge < -0.3 is 0 Å². The summed E-state index contributed by atoms with van der Waals surface area (Å²) >= 11 is 3.70. The fourth-order valence-corrected chi connectivity index (χ4v) is 5.90. The van der Waals surface area contributed by atoms with E-state index >= 15 is 0 Å². The van der Waals surface area contributed by atoms with Crippen molar-refractivity contribution in [3.05, 3.63) is 118 Å². The third-order valence-electron chi connectivity index (χ3n) is 5.10. The van der Waals surface area contributed by atoms with Crippen molar-refractivity contribution in [2.45, 2.75) is 5.41 Å². The van der Waals surface area contributed by atoms with Crippen LogP contribution < -0.4 is 0 Å². The second kappa shape index (κ2) is 6.80. The van der Waals surface area contributed by atoms with E-state index < -0.39 is 0 Å². The lowest BCUT2D eigenvalue weighted by Crippen LogP contribution is -2.18. The van der Waals surface area contributed by atoms with Crippen LogP contribution in [0.25, 0.3) is 21.9 Å². The Balaban J connectivity index is 1.68. The highest BCUT2D eigenvalue weighted by Crippen LogP contribution is 2.55. The van der Waals surface area contributed by atoms with Crippen LogP contribution in [0.1, 0.15) is 22.3 Å². The predicted octanol–water partition coefficient (Wildman–Crippen LogP) is 7.50. The summed E-state index contributed by atoms with van der Waals surface area (Å²) in [6, 6.07) is 25.7. The molecule has 0 saturated heterocycles. The Bertz CT molecular complexity index is 1020. The van der Waals surface area contributed by atoms with Crippen LogP contribution in [-0.2, 0) is 5.41 Å². The molecule has 0 radical (unpaired) electrons. The molecule has 0 spiro atoms. The van der Waals surface area contributed by atoms with Gasteiger partial charge in [-0.15, -0.1) is 22.7 Å². The Morgan fingerprint density at radius 3 is 1.44 bits per heavy atom. The van der Waals surface area contributed by atoms with Gasteiger partial charge in [0, 0.05) is 9.75 Å². The Hall–Kier alpha value is -2.68. The highest BCUT2D eigenvalue weighted by atomic mass is 32.1. The van der Waals surface area contributed by atoms with Crippen molar-refractivity contribution in [2.24, 2.45) is 0 Å². The number of thiophene rings is 2. The first kappa shape index (κ1) is 16.5. The first-order chi connectivity index (χ1) is 13.4. The van der Waals surface area contributed by atoms with Crippen LogP contribution in [0.4, 0.5) is 0 Å². The zero-order valence-corrected chi connectivity index (χ0v) is 16.3. The molecule has 0 aliphatic heterocycles. The minimum Gasteiger partial charge on any atom is -0.143 e. The fraction of sp³-hybridized carbons (Fsp3) is 0.0400. The summed E-state index contributed by atoms with van der Waals surface area (Å²) in [4.78, 5) is 2.82. The molecule has 0 amide bonds. The lowest BCUT2D eigenvalue weighted by atomic mass is 9.78. The van der Waals surface area contributed by atoms with Gasteiger partial charge >= 0.3 is 0 Å². The van der Waals surface area contributed by atoms with Crippen molar-refractivity contribution < 1.29 is 0 Å². The van der Waals surface area contributed by atoms with Crippen molar-refractivity contribution in [3.63, 3.8) is 0 Å². The van der Waals surface area contributed by atoms with E-state index in [0.29, 0.717) is 0 Å². The molecular weight excluding hydrogens is 364 g/mol. The van der Waals surface area contributed by atoms with E-state index in [2.05, 4.69) is 108 Å². The molecule has 0 atom stereocenters. The SMILES string of the molecule is C(=C\C1(/C=C/c2ccccc2)c2ccsc2-c2sccc21)/c1ccccc1. The summed E-state index contributed by atoms with van der Waals surface area (Å²) < 4.78 is 0. The smallest absolute Gasteiger partial charge is 0.0598 e. The van der Waals surface area contributed by atoms with E-state index in [1.165, 1.54) is 32.0 Å². The number of allylic oxidation sites excluding steroid dienone is 2. The molecule has 27 heavy (non-hydrogen) atoms. The minimum atomic E-state index is -0.212. The fourth-order valence-electron chi connectivity index (χ4n) is 3.77. The maximum Gasteiger partial charge on any atom is 0.0598 e. The molecule has 130 valence electrons. The maximum absolute atomic E-state index is 2.37. The molecule has 0 saturated carbocycles. The largest absolute Gasteiger partial charge is 0.143 e. The molecule has 2 heteroatoms. The first-order valence-electron chi connectivity index (χ1n) is 9.02. The van der Waals surface area contributed by atoms with Crippen LogP contribution in [0.3, 0.4) is 0 Å². The second-order valence-corrected chi connectivity index (χ2v) is 8.52. The number of hydrogen-bond donors (Lipinski definition) is 0. The van der Waals surface area contributed by atoms with Crippen LogP contribution in [0, 0.1) is 0 Å². The van der Waals surface area contributed by atoms with Gasteiger partial charge in [-0.25, -0.2) is 0 Å². The Labute approximate surface area is 167 Å². The van der Waals surface area contributed by atoms with E-state index in [9.17, 15) is 0 Å². The van der Waals surface area contributed by atoms with E-state index in [1.54, 1.807) is 0 Å². The van der Waals surface area contributed by atoms with Crippen molar-refractivity contribution in [3.8, 4) is 9.75 Å². The Kier molecular flexibility index (Phi) is 4.16. The lowest BCUT2D eigenvalue weighted by molar-refractivity contribution is 0.858. The van der Waals surface area contributed by atoms with Gasteiger partial charge in [0.25, 0.3) is 0 Å². The van der Waals surface area contributed by atoms with Gasteiger partial charge in [-0.3, -0.25) is 0 Å². The average Bonchev–Trinajstić information content (AvgIpc) is 3.43. The molecule has 1 aliphatic carbocycles. The number of fused-ring (bicyclic) bond motifs is 3. The normalized spacial score (nSPS) is 14.7. The van der Waals surface area contributed by atoms with Crippen LogP contribution in [0.2, 0.25) is 0 Å². The second-order valence-electron chi connectivity index (χ2n) is 6.68. The van der Waals surface area contributed by atoms with E-state index in [-0.39, 0.29) is 5.41 Å². The van der Waals surface area contributed by atoms with Crippen LogP contribution in [0.15, 0.2) is 95.7 Å². The van der Waals surface area contributed by atoms with Crippen molar-refractivity contribution in [1.82, 2.24) is 0 Å². The quantitative estimate of drug-likeness (QED) is 0.343. The van der Waals surface area contributed by atoms with Crippen molar-refractivity contribution >= 4 is 34.8 Å². The zero-order chi connectivity index (χ0) is 18.1. The molecule has 5 rings (SSSR count). The summed E-state index contributed by atoms with van der Waals surface area (Å²) in [5.74, 6) is 0. The minimum absolute atomic E-state index is 0.212. The molecule has 4 aromatic rings. The van der Waals surface area contributed by atoms with Crippen LogP contribution in [0.5, 0.6) is 0 Å². The molecule has 0 unspecified atom stereocenters. The van der Waals surface area contributed by atoms with Gasteiger partial charge in [-0.05, 0) is 45.1 Å². The van der Waals surface area contributed by atoms with Crippen molar-refractivity contribution in [2.75, 3.05) is 0 Å².